The minimum atomic E-state index is -0.959. The molecule has 1 aromatic carbocycles. The predicted molar refractivity (Wildman–Crippen MR) is 116 cm³/mol. The maximum atomic E-state index is 14.9. The normalized spacial score (nSPS) is 11.9. The van der Waals surface area contributed by atoms with Crippen molar-refractivity contribution < 1.29 is 23.4 Å². The number of halogens is 2. The van der Waals surface area contributed by atoms with Gasteiger partial charge in [-0.25, -0.2) is 18.8 Å². The molecule has 4 rings (SSSR count). The molecule has 0 bridgehead atoms. The van der Waals surface area contributed by atoms with Crippen LogP contribution in [0, 0.1) is 11.6 Å². The molecular formula is C22H22F2N6O3. The second-order valence-corrected chi connectivity index (χ2v) is 7.16. The SMILES string of the molecule is COc1cc(OC)c(F)c(N=c2ccc3ncc(-c4cnn(C)c4)nc3n2CCCO)c1F. The molecule has 0 aliphatic heterocycles. The number of aromatic nitrogens is 5. The third kappa shape index (κ3) is 4.27. The zero-order valence-electron chi connectivity index (χ0n) is 18.3. The van der Waals surface area contributed by atoms with Crippen LogP contribution in [0.15, 0.2) is 41.8 Å². The van der Waals surface area contributed by atoms with Gasteiger partial charge in [-0.3, -0.25) is 9.67 Å². The van der Waals surface area contributed by atoms with Gasteiger partial charge in [-0.2, -0.15) is 5.10 Å². The Morgan fingerprint density at radius 1 is 1.09 bits per heavy atom. The Bertz CT molecular complexity index is 1350. The Balaban J connectivity index is 1.98. The van der Waals surface area contributed by atoms with E-state index in [1.165, 1.54) is 14.2 Å². The molecule has 33 heavy (non-hydrogen) atoms. The van der Waals surface area contributed by atoms with Crippen molar-refractivity contribution in [2.24, 2.45) is 12.0 Å². The third-order valence-corrected chi connectivity index (χ3v) is 5.02. The van der Waals surface area contributed by atoms with Gasteiger partial charge in [-0.15, -0.1) is 0 Å². The Morgan fingerprint density at radius 3 is 2.42 bits per heavy atom. The lowest BCUT2D eigenvalue weighted by Gasteiger charge is -2.13. The molecule has 0 fully saturated rings. The first kappa shape index (κ1) is 22.3. The summed E-state index contributed by atoms with van der Waals surface area (Å²) in [5, 5.41) is 13.6. The zero-order valence-corrected chi connectivity index (χ0v) is 18.3. The van der Waals surface area contributed by atoms with Gasteiger partial charge in [0.2, 0.25) is 0 Å². The lowest BCUT2D eigenvalue weighted by atomic mass is 10.2. The first-order chi connectivity index (χ1) is 16.0. The smallest absolute Gasteiger partial charge is 0.193 e. The van der Waals surface area contributed by atoms with Gasteiger partial charge in [0.15, 0.2) is 28.8 Å². The molecular weight excluding hydrogens is 434 g/mol. The third-order valence-electron chi connectivity index (χ3n) is 5.02. The predicted octanol–water partition coefficient (Wildman–Crippen LogP) is 2.74. The van der Waals surface area contributed by atoms with Crippen LogP contribution in [0.25, 0.3) is 22.4 Å². The van der Waals surface area contributed by atoms with E-state index in [9.17, 15) is 13.9 Å². The van der Waals surface area contributed by atoms with Gasteiger partial charge in [0, 0.05) is 38.0 Å². The van der Waals surface area contributed by atoms with Crippen LogP contribution in [0.3, 0.4) is 0 Å². The van der Waals surface area contributed by atoms with E-state index < -0.39 is 17.3 Å². The number of ether oxygens (including phenoxy) is 2. The molecule has 3 aromatic heterocycles. The van der Waals surface area contributed by atoms with Crippen molar-refractivity contribution in [1.29, 1.82) is 0 Å². The number of hydrogen-bond acceptors (Lipinski definition) is 7. The molecule has 3 heterocycles. The number of benzene rings is 1. The van der Waals surface area contributed by atoms with E-state index in [-0.39, 0.29) is 23.6 Å². The molecule has 0 aliphatic carbocycles. The van der Waals surface area contributed by atoms with E-state index >= 15 is 0 Å². The summed E-state index contributed by atoms with van der Waals surface area (Å²) in [6, 6.07) is 4.37. The highest BCUT2D eigenvalue weighted by Gasteiger charge is 2.20. The zero-order chi connectivity index (χ0) is 23.5. The number of aliphatic hydroxyl groups is 1. The number of fused-ring (bicyclic) bond motifs is 1. The van der Waals surface area contributed by atoms with Crippen LogP contribution in [0.5, 0.6) is 11.5 Å². The summed E-state index contributed by atoms with van der Waals surface area (Å²) < 4.78 is 43.1. The van der Waals surface area contributed by atoms with Crippen molar-refractivity contribution in [3.8, 4) is 22.8 Å². The van der Waals surface area contributed by atoms with Crippen LogP contribution >= 0.6 is 0 Å². The van der Waals surface area contributed by atoms with Gasteiger partial charge in [-0.1, -0.05) is 0 Å². The highest BCUT2D eigenvalue weighted by Crippen LogP contribution is 2.36. The van der Waals surface area contributed by atoms with E-state index in [0.717, 1.165) is 11.6 Å². The molecule has 0 aliphatic rings. The highest BCUT2D eigenvalue weighted by atomic mass is 19.1. The van der Waals surface area contributed by atoms with Crippen LogP contribution < -0.4 is 15.0 Å². The van der Waals surface area contributed by atoms with Gasteiger partial charge in [0.05, 0.1) is 32.3 Å². The molecule has 11 heteroatoms. The van der Waals surface area contributed by atoms with Gasteiger partial charge in [0.1, 0.15) is 16.7 Å². The number of aliphatic hydroxyl groups excluding tert-OH is 1. The number of methoxy groups -OCH3 is 2. The van der Waals surface area contributed by atoms with Crippen molar-refractivity contribution in [2.75, 3.05) is 20.8 Å². The summed E-state index contributed by atoms with van der Waals surface area (Å²) in [7, 11) is 4.33. The topological polar surface area (TPSA) is 99.6 Å². The van der Waals surface area contributed by atoms with Gasteiger partial charge in [0.25, 0.3) is 0 Å². The number of rotatable bonds is 7. The standard InChI is InChI=1S/C22H22F2N6O3/c1-29-12-13(10-26-29)15-11-25-14-5-6-18(30(7-4-8-31)22(14)27-15)28-21-19(23)16(32-2)9-17(33-3)20(21)24/h5-6,9-12,31H,4,7-8H2,1-3H3. The number of nitrogens with zero attached hydrogens (tertiary/aromatic N) is 6. The lowest BCUT2D eigenvalue weighted by molar-refractivity contribution is 0.279. The van der Waals surface area contributed by atoms with E-state index in [0.29, 0.717) is 29.8 Å². The van der Waals surface area contributed by atoms with E-state index in [1.807, 2.05) is 0 Å². The molecule has 0 saturated heterocycles. The average Bonchev–Trinajstić information content (AvgIpc) is 3.26. The Hall–Kier alpha value is -3.86. The average molecular weight is 456 g/mol. The molecule has 0 atom stereocenters. The van der Waals surface area contributed by atoms with Crippen molar-refractivity contribution in [3.05, 3.63) is 53.9 Å². The van der Waals surface area contributed by atoms with Gasteiger partial charge in [-0.05, 0) is 18.6 Å². The molecule has 172 valence electrons. The highest BCUT2D eigenvalue weighted by molar-refractivity contribution is 5.73. The fourth-order valence-electron chi connectivity index (χ4n) is 3.38. The monoisotopic (exact) mass is 456 g/mol. The first-order valence-electron chi connectivity index (χ1n) is 10.1. The summed E-state index contributed by atoms with van der Waals surface area (Å²) in [5.74, 6) is -2.32. The van der Waals surface area contributed by atoms with Crippen molar-refractivity contribution in [3.63, 3.8) is 0 Å². The summed E-state index contributed by atoms with van der Waals surface area (Å²) in [5.41, 5.74) is 2.01. The summed E-state index contributed by atoms with van der Waals surface area (Å²) in [6.07, 6.45) is 5.46. The summed E-state index contributed by atoms with van der Waals surface area (Å²) in [4.78, 5) is 13.4. The minimum absolute atomic E-state index is 0.0890. The maximum absolute atomic E-state index is 14.9. The van der Waals surface area contributed by atoms with Crippen LogP contribution in [-0.4, -0.2) is 50.2 Å². The number of pyridine rings is 1. The Morgan fingerprint density at radius 2 is 1.82 bits per heavy atom. The maximum Gasteiger partial charge on any atom is 0.193 e. The molecule has 0 saturated carbocycles. The largest absolute Gasteiger partial charge is 0.493 e. The van der Waals surface area contributed by atoms with Crippen LogP contribution in [0.2, 0.25) is 0 Å². The first-order valence-corrected chi connectivity index (χ1v) is 10.1. The second kappa shape index (κ2) is 9.33. The van der Waals surface area contributed by atoms with Crippen LogP contribution in [0.4, 0.5) is 14.5 Å². The Labute approximate surface area is 187 Å². The summed E-state index contributed by atoms with van der Waals surface area (Å²) in [6.45, 7) is 0.205. The fourth-order valence-corrected chi connectivity index (χ4v) is 3.38. The quantitative estimate of drug-likeness (QED) is 0.459. The van der Waals surface area contributed by atoms with E-state index in [1.54, 1.807) is 47.0 Å². The van der Waals surface area contributed by atoms with Crippen LogP contribution in [0.1, 0.15) is 6.42 Å². The minimum Gasteiger partial charge on any atom is -0.493 e. The number of hydrogen-bond donors (Lipinski definition) is 1. The Kier molecular flexibility index (Phi) is 6.31. The van der Waals surface area contributed by atoms with Gasteiger partial charge >= 0.3 is 0 Å². The van der Waals surface area contributed by atoms with Crippen LogP contribution in [-0.2, 0) is 13.6 Å². The fraction of sp³-hybridized carbons (Fsp3) is 0.273. The molecule has 0 amide bonds. The summed E-state index contributed by atoms with van der Waals surface area (Å²) >= 11 is 0. The second-order valence-electron chi connectivity index (χ2n) is 7.16. The van der Waals surface area contributed by atoms with Crippen molar-refractivity contribution >= 4 is 16.9 Å². The van der Waals surface area contributed by atoms with E-state index in [4.69, 9.17) is 14.5 Å². The van der Waals surface area contributed by atoms with Crippen molar-refractivity contribution in [2.45, 2.75) is 13.0 Å². The molecule has 4 aromatic rings. The molecule has 9 nitrogen and oxygen atoms in total. The van der Waals surface area contributed by atoms with Gasteiger partial charge < -0.3 is 19.1 Å². The molecule has 0 radical (unpaired) electrons. The molecule has 0 unspecified atom stereocenters. The molecule has 1 N–H and O–H groups in total. The van der Waals surface area contributed by atoms with E-state index in [2.05, 4.69) is 15.1 Å². The molecule has 0 spiro atoms. The number of aryl methyl sites for hydroxylation is 2. The van der Waals surface area contributed by atoms with Crippen molar-refractivity contribution in [1.82, 2.24) is 24.3 Å². The lowest BCUT2D eigenvalue weighted by Crippen LogP contribution is -2.23.